The van der Waals surface area contributed by atoms with Gasteiger partial charge in [-0.05, 0) is 30.5 Å². The third kappa shape index (κ3) is 4.88. The lowest BCUT2D eigenvalue weighted by atomic mass is 9.64. The van der Waals surface area contributed by atoms with Crippen LogP contribution in [-0.4, -0.2) is 30.4 Å². The van der Waals surface area contributed by atoms with Gasteiger partial charge in [0.25, 0.3) is 0 Å². The van der Waals surface area contributed by atoms with Gasteiger partial charge in [0.05, 0.1) is 10.8 Å². The maximum Gasteiger partial charge on any atom is 0.398 e. The van der Waals surface area contributed by atoms with Gasteiger partial charge in [0.2, 0.25) is 0 Å². The third-order valence-electron chi connectivity index (χ3n) is 6.44. The molecule has 4 rings (SSSR count). The molecule has 2 N–H and O–H groups in total. The number of nitrogens with zero attached hydrogens (tertiary/aromatic N) is 2. The van der Waals surface area contributed by atoms with Crippen molar-refractivity contribution in [3.05, 3.63) is 47.8 Å². The molecule has 190 valence electrons. The predicted octanol–water partition coefficient (Wildman–Crippen LogP) is 6.99. The summed E-state index contributed by atoms with van der Waals surface area (Å²) in [5, 5.41) is 0.0638. The van der Waals surface area contributed by atoms with Crippen molar-refractivity contribution < 1.29 is 31.4 Å². The fraction of sp³-hybridized carbons (Fsp3) is 0.458. The highest BCUT2D eigenvalue weighted by Gasteiger charge is 2.60. The van der Waals surface area contributed by atoms with Crippen LogP contribution in [0.25, 0.3) is 11.0 Å². The molecule has 0 atom stereocenters. The Morgan fingerprint density at radius 1 is 1.14 bits per heavy atom. The standard InChI is InChI=1S/C24H28F5N3O2Si/c1-35(2,3)10-9-33-14-32-13-16(23(6-4-7-23)24(27,28)29)20-19(5-8-31-22(20)32)34-21-17(25)11-15(30)12-18(21)26/h5,8,11-13H,4,6-7,9-10,14,30H2,1-3H3. The summed E-state index contributed by atoms with van der Waals surface area (Å²) < 4.78 is 84.7. The Hall–Kier alpha value is -2.66. The highest BCUT2D eigenvalue weighted by atomic mass is 28.3. The zero-order valence-corrected chi connectivity index (χ0v) is 20.8. The molecule has 0 unspecified atom stereocenters. The molecule has 1 aliphatic rings. The maximum atomic E-state index is 14.4. The SMILES string of the molecule is C[Si](C)(C)CCOCn1cc(C2(C(F)(F)F)CCC2)c2c(Oc3c(F)cc(N)cc3F)ccnc21. The Bertz CT molecular complexity index is 1210. The number of ether oxygens (including phenoxy) is 2. The Morgan fingerprint density at radius 3 is 2.34 bits per heavy atom. The number of rotatable bonds is 8. The van der Waals surface area contributed by atoms with E-state index < -0.39 is 37.0 Å². The number of anilines is 1. The number of alkyl halides is 3. The Kier molecular flexibility index (Phi) is 6.60. The normalized spacial score (nSPS) is 15.9. The zero-order valence-electron chi connectivity index (χ0n) is 19.8. The van der Waals surface area contributed by atoms with Crippen LogP contribution in [0.3, 0.4) is 0 Å². The van der Waals surface area contributed by atoms with E-state index in [1.807, 2.05) is 0 Å². The molecule has 35 heavy (non-hydrogen) atoms. The molecule has 0 radical (unpaired) electrons. The van der Waals surface area contributed by atoms with Gasteiger partial charge in [-0.25, -0.2) is 13.8 Å². The lowest BCUT2D eigenvalue weighted by Gasteiger charge is -2.43. The lowest BCUT2D eigenvalue weighted by molar-refractivity contribution is -0.212. The number of nitrogens with two attached hydrogens (primary N) is 1. The molecule has 0 saturated heterocycles. The van der Waals surface area contributed by atoms with E-state index in [9.17, 15) is 22.0 Å². The summed E-state index contributed by atoms with van der Waals surface area (Å²) in [7, 11) is -1.36. The van der Waals surface area contributed by atoms with Gasteiger partial charge in [0, 0.05) is 44.9 Å². The largest absolute Gasteiger partial charge is 0.450 e. The molecular weight excluding hydrogens is 485 g/mol. The zero-order chi connectivity index (χ0) is 25.6. The highest BCUT2D eigenvalue weighted by molar-refractivity contribution is 6.76. The van der Waals surface area contributed by atoms with Crippen LogP contribution in [0.4, 0.5) is 27.6 Å². The predicted molar refractivity (Wildman–Crippen MR) is 126 cm³/mol. The smallest absolute Gasteiger partial charge is 0.398 e. The number of aromatic nitrogens is 2. The minimum Gasteiger partial charge on any atom is -0.450 e. The maximum absolute atomic E-state index is 14.4. The second-order valence-corrected chi connectivity index (χ2v) is 15.8. The number of nitrogen functional groups attached to an aromatic ring is 1. The van der Waals surface area contributed by atoms with Crippen LogP contribution < -0.4 is 10.5 Å². The molecule has 11 heteroatoms. The molecule has 1 fully saturated rings. The molecule has 0 aliphatic heterocycles. The number of pyridine rings is 1. The molecule has 1 aromatic carbocycles. The first-order valence-corrected chi connectivity index (χ1v) is 15.1. The summed E-state index contributed by atoms with van der Waals surface area (Å²) >= 11 is 0. The van der Waals surface area contributed by atoms with Crippen LogP contribution in [0, 0.1) is 11.6 Å². The first-order chi connectivity index (χ1) is 16.3. The Labute approximate surface area is 201 Å². The Balaban J connectivity index is 1.81. The van der Waals surface area contributed by atoms with Crippen molar-refractivity contribution in [3.8, 4) is 11.5 Å². The first kappa shape index (κ1) is 25.4. The van der Waals surface area contributed by atoms with Crippen LogP contribution in [0.15, 0.2) is 30.6 Å². The van der Waals surface area contributed by atoms with E-state index in [0.29, 0.717) is 13.0 Å². The molecule has 3 aromatic rings. The van der Waals surface area contributed by atoms with Crippen molar-refractivity contribution in [2.45, 2.75) is 63.3 Å². The van der Waals surface area contributed by atoms with Gasteiger partial charge in [0.15, 0.2) is 17.4 Å². The molecule has 2 heterocycles. The summed E-state index contributed by atoms with van der Waals surface area (Å²) in [6, 6.07) is 3.97. The summed E-state index contributed by atoms with van der Waals surface area (Å²) in [4.78, 5) is 4.28. The molecule has 0 amide bonds. The van der Waals surface area contributed by atoms with Crippen molar-refractivity contribution >= 4 is 24.8 Å². The van der Waals surface area contributed by atoms with Crippen LogP contribution in [0.1, 0.15) is 24.8 Å². The number of hydrogen-bond donors (Lipinski definition) is 1. The minimum absolute atomic E-state index is 0.00400. The number of hydrogen-bond acceptors (Lipinski definition) is 4. The van der Waals surface area contributed by atoms with Crippen LogP contribution in [0.5, 0.6) is 11.5 Å². The quantitative estimate of drug-likeness (QED) is 0.153. The van der Waals surface area contributed by atoms with Crippen molar-refractivity contribution in [3.63, 3.8) is 0 Å². The van der Waals surface area contributed by atoms with E-state index in [4.69, 9.17) is 15.2 Å². The summed E-state index contributed by atoms with van der Waals surface area (Å²) in [6.45, 7) is 7.06. The van der Waals surface area contributed by atoms with Crippen LogP contribution in [-0.2, 0) is 16.9 Å². The molecular formula is C24H28F5N3O2Si. The molecule has 0 bridgehead atoms. The van der Waals surface area contributed by atoms with Gasteiger partial charge in [-0.1, -0.05) is 26.1 Å². The van der Waals surface area contributed by atoms with E-state index in [2.05, 4.69) is 24.6 Å². The fourth-order valence-electron chi connectivity index (χ4n) is 4.30. The summed E-state index contributed by atoms with van der Waals surface area (Å²) in [6.07, 6.45) is -1.57. The summed E-state index contributed by atoms with van der Waals surface area (Å²) in [5.41, 5.74) is 3.41. The fourth-order valence-corrected chi connectivity index (χ4v) is 5.05. The Morgan fingerprint density at radius 2 is 1.80 bits per heavy atom. The monoisotopic (exact) mass is 513 g/mol. The average Bonchev–Trinajstić information content (AvgIpc) is 3.05. The van der Waals surface area contributed by atoms with Crippen molar-refractivity contribution in [1.82, 2.24) is 9.55 Å². The lowest BCUT2D eigenvalue weighted by Crippen LogP contribution is -2.47. The molecule has 1 saturated carbocycles. The van der Waals surface area contributed by atoms with Gasteiger partial charge in [0.1, 0.15) is 18.1 Å². The van der Waals surface area contributed by atoms with Crippen molar-refractivity contribution in [2.24, 2.45) is 0 Å². The molecule has 1 aliphatic carbocycles. The second kappa shape index (κ2) is 9.09. The minimum atomic E-state index is -4.52. The van der Waals surface area contributed by atoms with E-state index in [0.717, 1.165) is 18.2 Å². The average molecular weight is 514 g/mol. The third-order valence-corrected chi connectivity index (χ3v) is 8.15. The van der Waals surface area contributed by atoms with E-state index in [1.54, 1.807) is 0 Å². The van der Waals surface area contributed by atoms with Gasteiger partial charge in [-0.3, -0.25) is 0 Å². The van der Waals surface area contributed by atoms with Gasteiger partial charge in [-0.2, -0.15) is 13.2 Å². The van der Waals surface area contributed by atoms with Gasteiger partial charge >= 0.3 is 6.18 Å². The van der Waals surface area contributed by atoms with E-state index in [1.165, 1.54) is 23.0 Å². The summed E-state index contributed by atoms with van der Waals surface area (Å²) in [5.74, 6) is -2.98. The van der Waals surface area contributed by atoms with Gasteiger partial charge < -0.3 is 19.8 Å². The second-order valence-electron chi connectivity index (χ2n) is 10.2. The topological polar surface area (TPSA) is 62.3 Å². The van der Waals surface area contributed by atoms with E-state index >= 15 is 0 Å². The molecule has 2 aromatic heterocycles. The van der Waals surface area contributed by atoms with E-state index in [-0.39, 0.29) is 47.6 Å². The number of halogens is 5. The first-order valence-electron chi connectivity index (χ1n) is 11.4. The van der Waals surface area contributed by atoms with Crippen molar-refractivity contribution in [2.75, 3.05) is 12.3 Å². The molecule has 0 spiro atoms. The van der Waals surface area contributed by atoms with Crippen LogP contribution in [0.2, 0.25) is 25.7 Å². The molecule has 5 nitrogen and oxygen atoms in total. The number of benzene rings is 1. The van der Waals surface area contributed by atoms with Gasteiger partial charge in [-0.15, -0.1) is 0 Å². The van der Waals surface area contributed by atoms with Crippen molar-refractivity contribution in [1.29, 1.82) is 0 Å². The van der Waals surface area contributed by atoms with Crippen LogP contribution >= 0.6 is 0 Å². The highest BCUT2D eigenvalue weighted by Crippen LogP contribution is 2.57. The number of fused-ring (bicyclic) bond motifs is 1.